The Hall–Kier alpha value is -4.85. The monoisotopic (exact) mass is 515 g/mol. The van der Waals surface area contributed by atoms with Gasteiger partial charge in [-0.2, -0.15) is 5.10 Å². The Morgan fingerprint density at radius 3 is 2.72 bits per heavy atom. The number of halogens is 1. The minimum absolute atomic E-state index is 0.298. The van der Waals surface area contributed by atoms with E-state index in [4.69, 9.17) is 4.98 Å². The minimum atomic E-state index is -0.298. The van der Waals surface area contributed by atoms with E-state index in [1.54, 1.807) is 24.4 Å². The summed E-state index contributed by atoms with van der Waals surface area (Å²) in [6, 6.07) is 16.7. The zero-order valence-corrected chi connectivity index (χ0v) is 21.2. The number of nitrogens with zero attached hydrogens (tertiary/aromatic N) is 4. The van der Waals surface area contributed by atoms with Gasteiger partial charge in [0.2, 0.25) is 0 Å². The third kappa shape index (κ3) is 4.24. The summed E-state index contributed by atoms with van der Waals surface area (Å²) < 4.78 is 14.6. The number of aromatic nitrogens is 6. The van der Waals surface area contributed by atoms with Crippen molar-refractivity contribution in [2.75, 3.05) is 5.32 Å². The number of fused-ring (bicyclic) bond motifs is 2. The van der Waals surface area contributed by atoms with E-state index < -0.39 is 0 Å². The van der Waals surface area contributed by atoms with Gasteiger partial charge in [-0.25, -0.2) is 14.4 Å². The first-order valence-electron chi connectivity index (χ1n) is 13.1. The molecule has 0 unspecified atom stereocenters. The van der Waals surface area contributed by atoms with Crippen LogP contribution < -0.4 is 5.32 Å². The first kappa shape index (κ1) is 23.3. The summed E-state index contributed by atoms with van der Waals surface area (Å²) in [5, 5.41) is 12.0. The molecule has 1 saturated carbocycles. The van der Waals surface area contributed by atoms with Crippen LogP contribution in [-0.2, 0) is 0 Å². The van der Waals surface area contributed by atoms with Gasteiger partial charge >= 0.3 is 0 Å². The topological polar surface area (TPSA) is 95.2 Å². The Morgan fingerprint density at radius 1 is 0.974 bits per heavy atom. The van der Waals surface area contributed by atoms with Crippen LogP contribution >= 0.6 is 0 Å². The van der Waals surface area contributed by atoms with E-state index in [9.17, 15) is 4.39 Å². The highest BCUT2D eigenvalue weighted by atomic mass is 19.1. The summed E-state index contributed by atoms with van der Waals surface area (Å²) in [5.41, 5.74) is 7.90. The Bertz CT molecular complexity index is 1850. The molecule has 0 spiro atoms. The lowest BCUT2D eigenvalue weighted by molar-refractivity contribution is 0.631. The molecule has 0 radical (unpaired) electrons. The Morgan fingerprint density at radius 2 is 1.85 bits per heavy atom. The second-order valence-electron chi connectivity index (χ2n) is 10.0. The smallest absolute Gasteiger partial charge is 0.178 e. The molecule has 1 fully saturated rings. The minimum Gasteiger partial charge on any atom is -0.358 e. The number of imidazole rings is 1. The summed E-state index contributed by atoms with van der Waals surface area (Å²) in [5.74, 6) is 0.787. The standard InChI is InChI=1S/C31H26FN7/c1-18(19-6-2-3-7-19)35-22-14-21(16-33-17-22)20-10-11-27-25(15-20)29(39-38-27)31-36-28-24(12-13-34-30(28)37-31)23-8-4-5-9-26(23)32/h4-5,8-17,19,35H,1-3,6-7H2,(H,38,39)(H,34,36,37). The molecule has 1 aliphatic rings. The van der Waals surface area contributed by atoms with E-state index in [1.165, 1.54) is 31.7 Å². The molecule has 4 aromatic heterocycles. The van der Waals surface area contributed by atoms with Crippen molar-refractivity contribution < 1.29 is 4.39 Å². The van der Waals surface area contributed by atoms with Crippen molar-refractivity contribution >= 4 is 27.8 Å². The molecule has 0 bridgehead atoms. The zero-order valence-electron chi connectivity index (χ0n) is 21.2. The fourth-order valence-electron chi connectivity index (χ4n) is 5.53. The van der Waals surface area contributed by atoms with Crippen molar-refractivity contribution in [2.24, 2.45) is 5.92 Å². The van der Waals surface area contributed by atoms with Gasteiger partial charge in [0.05, 0.1) is 22.9 Å². The second-order valence-corrected chi connectivity index (χ2v) is 10.0. The lowest BCUT2D eigenvalue weighted by Crippen LogP contribution is -2.07. The van der Waals surface area contributed by atoms with Gasteiger partial charge in [0, 0.05) is 40.2 Å². The molecule has 3 N–H and O–H groups in total. The van der Waals surface area contributed by atoms with Crippen LogP contribution in [0.15, 0.2) is 85.5 Å². The first-order chi connectivity index (χ1) is 19.1. The van der Waals surface area contributed by atoms with Crippen molar-refractivity contribution in [1.82, 2.24) is 30.1 Å². The van der Waals surface area contributed by atoms with E-state index in [0.29, 0.717) is 39.7 Å². The largest absolute Gasteiger partial charge is 0.358 e. The Kier molecular flexibility index (Phi) is 5.65. The van der Waals surface area contributed by atoms with Gasteiger partial charge in [-0.1, -0.05) is 43.7 Å². The number of hydrogen-bond acceptors (Lipinski definition) is 5. The lowest BCUT2D eigenvalue weighted by Gasteiger charge is -2.16. The third-order valence-electron chi connectivity index (χ3n) is 7.57. The van der Waals surface area contributed by atoms with Crippen LogP contribution in [-0.4, -0.2) is 30.1 Å². The maximum atomic E-state index is 14.6. The second kappa shape index (κ2) is 9.47. The molecule has 7 rings (SSSR count). The zero-order chi connectivity index (χ0) is 26.3. The normalized spacial score (nSPS) is 13.9. The van der Waals surface area contributed by atoms with E-state index in [1.807, 2.05) is 30.6 Å². The van der Waals surface area contributed by atoms with Gasteiger partial charge in [-0.15, -0.1) is 0 Å². The predicted octanol–water partition coefficient (Wildman–Crippen LogP) is 7.49. The van der Waals surface area contributed by atoms with Crippen LogP contribution in [0.1, 0.15) is 25.7 Å². The molecule has 192 valence electrons. The van der Waals surface area contributed by atoms with Gasteiger partial charge in [0.25, 0.3) is 0 Å². The van der Waals surface area contributed by atoms with Gasteiger partial charge in [0.1, 0.15) is 11.5 Å². The lowest BCUT2D eigenvalue weighted by atomic mass is 10.0. The van der Waals surface area contributed by atoms with Gasteiger partial charge < -0.3 is 10.3 Å². The number of H-pyrrole nitrogens is 2. The Balaban J connectivity index is 1.25. The number of allylic oxidation sites excluding steroid dienone is 1. The molecule has 0 amide bonds. The molecule has 0 aliphatic heterocycles. The van der Waals surface area contributed by atoms with Crippen molar-refractivity contribution in [3.8, 4) is 33.8 Å². The van der Waals surface area contributed by atoms with Gasteiger partial charge in [-0.05, 0) is 54.7 Å². The molecule has 39 heavy (non-hydrogen) atoms. The van der Waals surface area contributed by atoms with Crippen molar-refractivity contribution in [1.29, 1.82) is 0 Å². The molecule has 7 nitrogen and oxygen atoms in total. The molecule has 0 atom stereocenters. The maximum absolute atomic E-state index is 14.6. The molecule has 6 aromatic rings. The van der Waals surface area contributed by atoms with Crippen LogP contribution in [0.3, 0.4) is 0 Å². The van der Waals surface area contributed by atoms with E-state index in [-0.39, 0.29) is 5.82 Å². The van der Waals surface area contributed by atoms with Gasteiger partial charge in [-0.3, -0.25) is 10.1 Å². The number of aromatic amines is 2. The molecule has 2 aromatic carbocycles. The first-order valence-corrected chi connectivity index (χ1v) is 13.1. The average molecular weight is 516 g/mol. The highest BCUT2D eigenvalue weighted by Gasteiger charge is 2.19. The molecule has 8 heteroatoms. The SMILES string of the molecule is C=C(Nc1cncc(-c2ccc3[nH]nc(-c4nc5nccc(-c6ccccc6F)c5[nH]4)c3c2)c1)C1CCCC1. The van der Waals surface area contributed by atoms with Crippen LogP contribution in [0, 0.1) is 11.7 Å². The molecule has 0 saturated heterocycles. The Labute approximate surface area is 224 Å². The third-order valence-corrected chi connectivity index (χ3v) is 7.57. The fourth-order valence-corrected chi connectivity index (χ4v) is 5.53. The number of anilines is 1. The van der Waals surface area contributed by atoms with Gasteiger partial charge in [0.15, 0.2) is 11.5 Å². The molecular formula is C31H26FN7. The van der Waals surface area contributed by atoms with Crippen molar-refractivity contribution in [3.63, 3.8) is 0 Å². The summed E-state index contributed by atoms with van der Waals surface area (Å²) in [6.45, 7) is 4.27. The molecule has 1 aliphatic carbocycles. The summed E-state index contributed by atoms with van der Waals surface area (Å²) >= 11 is 0. The number of nitrogens with one attached hydrogen (secondary N) is 3. The average Bonchev–Trinajstić information content (AvgIpc) is 3.73. The maximum Gasteiger partial charge on any atom is 0.178 e. The highest BCUT2D eigenvalue weighted by Crippen LogP contribution is 2.34. The van der Waals surface area contributed by atoms with Crippen LogP contribution in [0.4, 0.5) is 10.1 Å². The summed E-state index contributed by atoms with van der Waals surface area (Å²) in [4.78, 5) is 16.9. The highest BCUT2D eigenvalue weighted by molar-refractivity contribution is 5.97. The van der Waals surface area contributed by atoms with Crippen molar-refractivity contribution in [2.45, 2.75) is 25.7 Å². The van der Waals surface area contributed by atoms with Crippen LogP contribution in [0.25, 0.3) is 55.8 Å². The van der Waals surface area contributed by atoms with E-state index >= 15 is 0 Å². The van der Waals surface area contributed by atoms with Crippen LogP contribution in [0.5, 0.6) is 0 Å². The number of rotatable bonds is 6. The number of pyridine rings is 2. The number of benzene rings is 2. The summed E-state index contributed by atoms with van der Waals surface area (Å²) in [7, 11) is 0. The predicted molar refractivity (Wildman–Crippen MR) is 152 cm³/mol. The molecule has 4 heterocycles. The number of hydrogen-bond donors (Lipinski definition) is 3. The van der Waals surface area contributed by atoms with Crippen molar-refractivity contribution in [3.05, 3.63) is 91.3 Å². The van der Waals surface area contributed by atoms with Crippen LogP contribution in [0.2, 0.25) is 0 Å². The fraction of sp³-hybridized carbons (Fsp3) is 0.161. The van der Waals surface area contributed by atoms with E-state index in [0.717, 1.165) is 33.4 Å². The quantitative estimate of drug-likeness (QED) is 0.214. The summed E-state index contributed by atoms with van der Waals surface area (Å²) in [6.07, 6.45) is 10.3. The van der Waals surface area contributed by atoms with E-state index in [2.05, 4.69) is 49.2 Å². The molecular weight excluding hydrogens is 489 g/mol.